The molecule has 27 heavy (non-hydrogen) atoms. The number of nitrogens with one attached hydrogen (secondary N) is 2. The van der Waals surface area contributed by atoms with Crippen molar-refractivity contribution in [2.24, 2.45) is 0 Å². The van der Waals surface area contributed by atoms with Gasteiger partial charge in [0, 0.05) is 13.1 Å². The number of hydrogen-bond donors (Lipinski definition) is 2. The molecule has 1 aromatic carbocycles. The maximum absolute atomic E-state index is 13.6. The van der Waals surface area contributed by atoms with Crippen molar-refractivity contribution >= 4 is 35.0 Å². The van der Waals surface area contributed by atoms with Crippen molar-refractivity contribution in [2.45, 2.75) is 39.3 Å². The lowest BCUT2D eigenvalue weighted by Crippen LogP contribution is -2.33. The van der Waals surface area contributed by atoms with Crippen LogP contribution in [0, 0.1) is 10.6 Å². The number of hydrogen-bond acceptors (Lipinski definition) is 5. The number of benzene rings is 1. The molecule has 10 heteroatoms. The Kier molecular flexibility index (Phi) is 5.01. The fourth-order valence-electron chi connectivity index (χ4n) is 2.74. The van der Waals surface area contributed by atoms with Gasteiger partial charge in [-0.1, -0.05) is 0 Å². The Hall–Kier alpha value is -2.75. The number of nitrogens with zero attached hydrogens (tertiary/aromatic N) is 3. The predicted molar refractivity (Wildman–Crippen MR) is 101 cm³/mol. The average Bonchev–Trinajstić information content (AvgIpc) is 2.94. The Morgan fingerprint density at radius 1 is 1.41 bits per heavy atom. The van der Waals surface area contributed by atoms with Gasteiger partial charge in [0.25, 0.3) is 5.56 Å². The Bertz CT molecular complexity index is 1130. The molecular weight excluding hydrogens is 373 g/mol. The van der Waals surface area contributed by atoms with Crippen LogP contribution in [0.2, 0.25) is 0 Å². The third kappa shape index (κ3) is 4.00. The molecule has 0 fully saturated rings. The third-order valence-electron chi connectivity index (χ3n) is 3.80. The van der Waals surface area contributed by atoms with Crippen LogP contribution >= 0.6 is 12.2 Å². The summed E-state index contributed by atoms with van der Waals surface area (Å²) in [4.78, 5) is 24.5. The van der Waals surface area contributed by atoms with E-state index in [0.29, 0.717) is 29.0 Å². The maximum atomic E-state index is 13.6. The third-order valence-corrected chi connectivity index (χ3v) is 4.07. The monoisotopic (exact) mass is 393 g/mol. The number of alkyl carbamates (subject to hydrolysis) is 1. The van der Waals surface area contributed by atoms with Crippen LogP contribution in [0.5, 0.6) is 0 Å². The molecule has 0 aliphatic rings. The molecular formula is C17H20FN5O3S. The van der Waals surface area contributed by atoms with Crippen molar-refractivity contribution in [1.82, 2.24) is 24.5 Å². The van der Waals surface area contributed by atoms with Crippen LogP contribution < -0.4 is 10.9 Å². The van der Waals surface area contributed by atoms with Gasteiger partial charge in [0.05, 0.1) is 10.9 Å². The van der Waals surface area contributed by atoms with Crippen molar-refractivity contribution in [2.75, 3.05) is 6.54 Å². The molecule has 2 aromatic heterocycles. The van der Waals surface area contributed by atoms with Crippen LogP contribution in [0.15, 0.2) is 23.0 Å². The van der Waals surface area contributed by atoms with Gasteiger partial charge in [-0.2, -0.15) is 0 Å². The van der Waals surface area contributed by atoms with Gasteiger partial charge in [0.15, 0.2) is 0 Å². The fourth-order valence-corrected chi connectivity index (χ4v) is 2.97. The summed E-state index contributed by atoms with van der Waals surface area (Å²) in [6.07, 6.45) is -0.0718. The Morgan fingerprint density at radius 2 is 2.15 bits per heavy atom. The minimum Gasteiger partial charge on any atom is -0.444 e. The van der Waals surface area contributed by atoms with E-state index in [-0.39, 0.29) is 17.5 Å². The van der Waals surface area contributed by atoms with E-state index >= 15 is 0 Å². The van der Waals surface area contributed by atoms with Crippen LogP contribution in [0.25, 0.3) is 16.7 Å². The highest BCUT2D eigenvalue weighted by Gasteiger charge is 2.16. The van der Waals surface area contributed by atoms with Crippen LogP contribution in [0.3, 0.4) is 0 Å². The molecule has 0 saturated carbocycles. The number of amides is 1. The van der Waals surface area contributed by atoms with Crippen molar-refractivity contribution in [3.63, 3.8) is 0 Å². The summed E-state index contributed by atoms with van der Waals surface area (Å²) in [6, 6.07) is 3.95. The lowest BCUT2D eigenvalue weighted by Gasteiger charge is -2.19. The Morgan fingerprint density at radius 3 is 2.85 bits per heavy atom. The van der Waals surface area contributed by atoms with E-state index in [9.17, 15) is 14.0 Å². The fraction of sp³-hybridized carbons (Fsp3) is 0.412. The lowest BCUT2D eigenvalue weighted by atomic mass is 10.2. The Balaban J connectivity index is 1.86. The quantitative estimate of drug-likeness (QED) is 0.525. The second-order valence-electron chi connectivity index (χ2n) is 7.06. The predicted octanol–water partition coefficient (Wildman–Crippen LogP) is 2.76. The summed E-state index contributed by atoms with van der Waals surface area (Å²) in [5.74, 6) is -0.173. The smallest absolute Gasteiger partial charge is 0.407 e. The second-order valence-corrected chi connectivity index (χ2v) is 7.45. The topological polar surface area (TPSA) is 93.4 Å². The molecule has 2 heterocycles. The van der Waals surface area contributed by atoms with E-state index in [0.717, 1.165) is 0 Å². The van der Waals surface area contributed by atoms with E-state index < -0.39 is 17.5 Å². The average molecular weight is 393 g/mol. The highest BCUT2D eigenvalue weighted by atomic mass is 32.1. The highest BCUT2D eigenvalue weighted by Crippen LogP contribution is 2.15. The van der Waals surface area contributed by atoms with Gasteiger partial charge in [0.2, 0.25) is 10.5 Å². The molecule has 1 amide bonds. The first-order valence-electron chi connectivity index (χ1n) is 8.43. The standard InChI is InChI=1S/C17H20FN5O3S/c1-17(2,3)26-16(25)19-7-4-8-22-13(24)11-9-10(18)5-6-12(11)23-14(22)20-21-15(23)27/h5-6,9H,4,7-8H2,1-3H3,(H,19,25)(H,21,27). The largest absolute Gasteiger partial charge is 0.444 e. The maximum Gasteiger partial charge on any atom is 0.407 e. The van der Waals surface area contributed by atoms with Crippen LogP contribution in [-0.2, 0) is 11.3 Å². The van der Waals surface area contributed by atoms with E-state index in [2.05, 4.69) is 15.5 Å². The van der Waals surface area contributed by atoms with Crippen LogP contribution in [0.1, 0.15) is 27.2 Å². The van der Waals surface area contributed by atoms with Crippen LogP contribution in [0.4, 0.5) is 9.18 Å². The van der Waals surface area contributed by atoms with Crippen LogP contribution in [-0.4, -0.2) is 37.4 Å². The molecule has 0 radical (unpaired) electrons. The minimum absolute atomic E-state index is 0.208. The summed E-state index contributed by atoms with van der Waals surface area (Å²) in [5.41, 5.74) is -0.470. The molecule has 144 valence electrons. The SMILES string of the molecule is CC(C)(C)OC(=O)NCCCn1c(=O)c2cc(F)ccc2n2c(=S)[nH]nc12. The molecule has 0 aliphatic heterocycles. The molecule has 3 rings (SSSR count). The lowest BCUT2D eigenvalue weighted by molar-refractivity contribution is 0.0526. The van der Waals surface area contributed by atoms with E-state index in [1.54, 1.807) is 25.2 Å². The van der Waals surface area contributed by atoms with Gasteiger partial charge in [0.1, 0.15) is 11.4 Å². The zero-order valence-electron chi connectivity index (χ0n) is 15.2. The number of carbonyl (C=O) groups excluding carboxylic acids is 1. The summed E-state index contributed by atoms with van der Waals surface area (Å²) in [5, 5.41) is 9.62. The van der Waals surface area contributed by atoms with Crippen molar-refractivity contribution in [3.05, 3.63) is 39.1 Å². The molecule has 3 aromatic rings. The number of ether oxygens (including phenoxy) is 1. The summed E-state index contributed by atoms with van der Waals surface area (Å²) >= 11 is 5.23. The number of fused-ring (bicyclic) bond motifs is 3. The number of carbonyl (C=O) groups is 1. The number of aryl methyl sites for hydroxylation is 1. The van der Waals surface area contributed by atoms with Gasteiger partial charge in [-0.05, 0) is 57.6 Å². The highest BCUT2D eigenvalue weighted by molar-refractivity contribution is 7.71. The molecule has 8 nitrogen and oxygen atoms in total. The zero-order chi connectivity index (χ0) is 19.8. The molecule has 0 bridgehead atoms. The molecule has 2 N–H and O–H groups in total. The number of aromatic nitrogens is 4. The number of H-pyrrole nitrogens is 1. The molecule has 0 atom stereocenters. The summed E-state index contributed by atoms with van der Waals surface area (Å²) < 4.78 is 22.1. The first kappa shape index (κ1) is 19.0. The molecule has 0 unspecified atom stereocenters. The summed E-state index contributed by atoms with van der Waals surface area (Å²) in [7, 11) is 0. The summed E-state index contributed by atoms with van der Waals surface area (Å²) in [6.45, 7) is 5.90. The van der Waals surface area contributed by atoms with E-state index in [4.69, 9.17) is 17.0 Å². The van der Waals surface area contributed by atoms with Gasteiger partial charge in [-0.3, -0.25) is 13.8 Å². The van der Waals surface area contributed by atoms with Gasteiger partial charge in [-0.25, -0.2) is 14.3 Å². The van der Waals surface area contributed by atoms with Gasteiger partial charge < -0.3 is 10.1 Å². The Labute approximate surface area is 158 Å². The van der Waals surface area contributed by atoms with Crippen molar-refractivity contribution < 1.29 is 13.9 Å². The molecule has 0 saturated heterocycles. The van der Waals surface area contributed by atoms with E-state index in [1.807, 2.05) is 0 Å². The first-order chi connectivity index (χ1) is 12.7. The molecule has 0 spiro atoms. The zero-order valence-corrected chi connectivity index (χ0v) is 16.0. The second kappa shape index (κ2) is 7.10. The van der Waals surface area contributed by atoms with Crippen molar-refractivity contribution in [1.29, 1.82) is 0 Å². The number of rotatable bonds is 4. The number of halogens is 1. The van der Waals surface area contributed by atoms with Crippen molar-refractivity contribution in [3.8, 4) is 0 Å². The minimum atomic E-state index is -0.582. The number of aromatic amines is 1. The van der Waals surface area contributed by atoms with E-state index in [1.165, 1.54) is 22.8 Å². The van der Waals surface area contributed by atoms with Gasteiger partial charge in [-0.15, -0.1) is 5.10 Å². The first-order valence-corrected chi connectivity index (χ1v) is 8.84. The normalized spacial score (nSPS) is 11.9. The molecule has 0 aliphatic carbocycles. The van der Waals surface area contributed by atoms with Gasteiger partial charge >= 0.3 is 6.09 Å².